The Morgan fingerprint density at radius 3 is 2.93 bits per heavy atom. The van der Waals surface area contributed by atoms with Gasteiger partial charge in [0.1, 0.15) is 5.75 Å². The molecule has 2 unspecified atom stereocenters. The van der Waals surface area contributed by atoms with E-state index in [1.165, 1.54) is 12.1 Å². The van der Waals surface area contributed by atoms with Gasteiger partial charge in [0.05, 0.1) is 12.6 Å². The molecule has 1 aliphatic rings. The van der Waals surface area contributed by atoms with Crippen LogP contribution >= 0.6 is 0 Å². The average Bonchev–Trinajstić information content (AvgIpc) is 2.59. The molecule has 2 atom stereocenters. The monoisotopic (exact) mass is 209 g/mol. The number of aliphatic hydroxyl groups is 1. The lowest BCUT2D eigenvalue weighted by Crippen LogP contribution is -2.31. The molecule has 1 aromatic rings. The van der Waals surface area contributed by atoms with Gasteiger partial charge in [-0.1, -0.05) is 12.1 Å². The van der Waals surface area contributed by atoms with Crippen molar-refractivity contribution in [3.63, 3.8) is 0 Å². The SMILES string of the molecule is O=C1NC(CO)C(c2cccc(O)c2)O1. The van der Waals surface area contributed by atoms with Crippen LogP contribution in [0, 0.1) is 0 Å². The number of ether oxygens (including phenoxy) is 1. The zero-order chi connectivity index (χ0) is 10.8. The highest BCUT2D eigenvalue weighted by atomic mass is 16.6. The highest BCUT2D eigenvalue weighted by molar-refractivity contribution is 5.70. The fourth-order valence-electron chi connectivity index (χ4n) is 1.60. The first-order valence-electron chi connectivity index (χ1n) is 4.57. The number of benzene rings is 1. The van der Waals surface area contributed by atoms with Gasteiger partial charge in [-0.2, -0.15) is 0 Å². The first kappa shape index (κ1) is 9.79. The molecule has 5 heteroatoms. The van der Waals surface area contributed by atoms with Gasteiger partial charge in [-0.3, -0.25) is 0 Å². The molecular weight excluding hydrogens is 198 g/mol. The van der Waals surface area contributed by atoms with Crippen LogP contribution in [0.25, 0.3) is 0 Å². The number of nitrogens with one attached hydrogen (secondary N) is 1. The number of rotatable bonds is 2. The fraction of sp³-hybridized carbons (Fsp3) is 0.300. The van der Waals surface area contributed by atoms with Crippen LogP contribution in [0.5, 0.6) is 5.75 Å². The van der Waals surface area contributed by atoms with Gasteiger partial charge in [-0.25, -0.2) is 4.79 Å². The summed E-state index contributed by atoms with van der Waals surface area (Å²) < 4.78 is 4.98. The molecule has 1 saturated heterocycles. The van der Waals surface area contributed by atoms with Crippen LogP contribution in [0.15, 0.2) is 24.3 Å². The molecule has 0 aromatic heterocycles. The third-order valence-corrected chi connectivity index (χ3v) is 2.30. The predicted molar refractivity (Wildman–Crippen MR) is 51.3 cm³/mol. The summed E-state index contributed by atoms with van der Waals surface area (Å²) in [6.07, 6.45) is -1.10. The number of phenols is 1. The summed E-state index contributed by atoms with van der Waals surface area (Å²) in [6.45, 7) is -0.202. The number of hydrogen-bond acceptors (Lipinski definition) is 4. The molecule has 80 valence electrons. The molecule has 15 heavy (non-hydrogen) atoms. The minimum Gasteiger partial charge on any atom is -0.508 e. The third kappa shape index (κ3) is 1.87. The Morgan fingerprint density at radius 2 is 2.27 bits per heavy atom. The molecule has 0 aliphatic carbocycles. The second-order valence-corrected chi connectivity index (χ2v) is 3.35. The fourth-order valence-corrected chi connectivity index (χ4v) is 1.60. The molecule has 1 aliphatic heterocycles. The van der Waals surface area contributed by atoms with Gasteiger partial charge < -0.3 is 20.3 Å². The molecule has 5 nitrogen and oxygen atoms in total. The van der Waals surface area contributed by atoms with E-state index < -0.39 is 18.2 Å². The van der Waals surface area contributed by atoms with E-state index in [2.05, 4.69) is 5.32 Å². The molecule has 0 spiro atoms. The van der Waals surface area contributed by atoms with E-state index in [9.17, 15) is 9.90 Å². The number of hydrogen-bond donors (Lipinski definition) is 3. The predicted octanol–water partition coefficient (Wildman–Crippen LogP) is 0.534. The molecule has 2 rings (SSSR count). The van der Waals surface area contributed by atoms with Crippen LogP contribution in [-0.4, -0.2) is 29.0 Å². The summed E-state index contributed by atoms with van der Waals surface area (Å²) in [6, 6.07) is 5.97. The molecular formula is C10H11NO4. The lowest BCUT2D eigenvalue weighted by atomic mass is 10.0. The minimum atomic E-state index is -0.553. The summed E-state index contributed by atoms with van der Waals surface area (Å²) in [5, 5.41) is 20.8. The Kier molecular flexibility index (Phi) is 2.47. The van der Waals surface area contributed by atoms with E-state index >= 15 is 0 Å². The average molecular weight is 209 g/mol. The van der Waals surface area contributed by atoms with Crippen molar-refractivity contribution in [1.29, 1.82) is 0 Å². The first-order valence-corrected chi connectivity index (χ1v) is 4.57. The number of cyclic esters (lactones) is 1. The number of aromatic hydroxyl groups is 1. The number of alkyl carbamates (subject to hydrolysis) is 1. The Bertz CT molecular complexity index is 379. The van der Waals surface area contributed by atoms with E-state index in [1.807, 2.05) is 0 Å². The van der Waals surface area contributed by atoms with Gasteiger partial charge in [-0.15, -0.1) is 0 Å². The van der Waals surface area contributed by atoms with Gasteiger partial charge in [0.2, 0.25) is 0 Å². The summed E-state index contributed by atoms with van der Waals surface area (Å²) in [5.41, 5.74) is 0.660. The van der Waals surface area contributed by atoms with Gasteiger partial charge in [0.15, 0.2) is 6.10 Å². The van der Waals surface area contributed by atoms with Crippen molar-refractivity contribution >= 4 is 6.09 Å². The number of phenolic OH excluding ortho intramolecular Hbond substituents is 1. The van der Waals surface area contributed by atoms with Crippen LogP contribution in [-0.2, 0) is 4.74 Å². The standard InChI is InChI=1S/C10H11NO4/c12-5-8-9(15-10(14)11-8)6-2-1-3-7(13)4-6/h1-4,8-9,12-13H,5H2,(H,11,14). The van der Waals surface area contributed by atoms with Gasteiger partial charge in [0, 0.05) is 0 Å². The minimum absolute atomic E-state index is 0.104. The molecule has 0 bridgehead atoms. The van der Waals surface area contributed by atoms with E-state index in [1.54, 1.807) is 12.1 Å². The van der Waals surface area contributed by atoms with Crippen molar-refractivity contribution in [2.45, 2.75) is 12.1 Å². The third-order valence-electron chi connectivity index (χ3n) is 2.30. The zero-order valence-corrected chi connectivity index (χ0v) is 7.88. The van der Waals surface area contributed by atoms with E-state index in [0.29, 0.717) is 5.56 Å². The van der Waals surface area contributed by atoms with E-state index in [-0.39, 0.29) is 12.4 Å². The quantitative estimate of drug-likeness (QED) is 0.664. The molecule has 0 saturated carbocycles. The van der Waals surface area contributed by atoms with Crippen LogP contribution < -0.4 is 5.32 Å². The topological polar surface area (TPSA) is 78.8 Å². The van der Waals surface area contributed by atoms with Crippen LogP contribution in [0.1, 0.15) is 11.7 Å². The first-order chi connectivity index (χ1) is 7.20. The lowest BCUT2D eigenvalue weighted by Gasteiger charge is -2.14. The lowest BCUT2D eigenvalue weighted by molar-refractivity contribution is 0.119. The van der Waals surface area contributed by atoms with Crippen LogP contribution in [0.3, 0.4) is 0 Å². The Hall–Kier alpha value is -1.75. The maximum atomic E-state index is 11.0. The highest BCUT2D eigenvalue weighted by Crippen LogP contribution is 2.27. The van der Waals surface area contributed by atoms with Crippen molar-refractivity contribution in [1.82, 2.24) is 5.32 Å². The molecule has 1 fully saturated rings. The summed E-state index contributed by atoms with van der Waals surface area (Å²) in [5.74, 6) is 0.104. The number of aliphatic hydroxyl groups excluding tert-OH is 1. The van der Waals surface area contributed by atoms with Crippen molar-refractivity contribution in [2.24, 2.45) is 0 Å². The summed E-state index contributed by atoms with van der Waals surface area (Å²) in [4.78, 5) is 11.0. The van der Waals surface area contributed by atoms with Gasteiger partial charge in [0.25, 0.3) is 0 Å². The summed E-state index contributed by atoms with van der Waals surface area (Å²) >= 11 is 0. The Morgan fingerprint density at radius 1 is 1.47 bits per heavy atom. The number of carbonyl (C=O) groups is 1. The normalized spacial score (nSPS) is 24.7. The molecule has 1 aromatic carbocycles. The second-order valence-electron chi connectivity index (χ2n) is 3.35. The van der Waals surface area contributed by atoms with E-state index in [4.69, 9.17) is 9.84 Å². The molecule has 3 N–H and O–H groups in total. The molecule has 1 amide bonds. The van der Waals surface area contributed by atoms with Crippen molar-refractivity contribution in [3.05, 3.63) is 29.8 Å². The smallest absolute Gasteiger partial charge is 0.408 e. The van der Waals surface area contributed by atoms with Crippen molar-refractivity contribution in [2.75, 3.05) is 6.61 Å². The van der Waals surface area contributed by atoms with Crippen LogP contribution in [0.2, 0.25) is 0 Å². The van der Waals surface area contributed by atoms with Gasteiger partial charge >= 0.3 is 6.09 Å². The number of carbonyl (C=O) groups excluding carboxylic acids is 1. The maximum absolute atomic E-state index is 11.0. The zero-order valence-electron chi connectivity index (χ0n) is 7.88. The summed E-state index contributed by atoms with van der Waals surface area (Å²) in [7, 11) is 0. The largest absolute Gasteiger partial charge is 0.508 e. The molecule has 1 heterocycles. The second kappa shape index (κ2) is 3.78. The Labute approximate surface area is 86.3 Å². The van der Waals surface area contributed by atoms with Crippen molar-refractivity contribution < 1.29 is 19.7 Å². The van der Waals surface area contributed by atoms with Crippen molar-refractivity contribution in [3.8, 4) is 5.75 Å². The van der Waals surface area contributed by atoms with Crippen LogP contribution in [0.4, 0.5) is 4.79 Å². The van der Waals surface area contributed by atoms with E-state index in [0.717, 1.165) is 0 Å². The number of amides is 1. The highest BCUT2D eigenvalue weighted by Gasteiger charge is 2.34. The maximum Gasteiger partial charge on any atom is 0.408 e. The van der Waals surface area contributed by atoms with Gasteiger partial charge in [-0.05, 0) is 17.7 Å². The molecule has 0 radical (unpaired) electrons. The Balaban J connectivity index is 2.26.